The first-order valence-electron chi connectivity index (χ1n) is 9.36. The zero-order valence-electron chi connectivity index (χ0n) is 17.3. The van der Waals surface area contributed by atoms with Crippen LogP contribution in [0.3, 0.4) is 0 Å². The average molecular weight is 390 g/mol. The minimum absolute atomic E-state index is 0. The standard InChI is InChI=1S/C18H36O3.Ca.Ti.2H/c1-2-3-4-5-6-7-8-9-10-11-12-13-14-15-16-17-18(19)20-21-18;;;;/h19H,2-17H2,1H3;;;;/q;+2;;2*-1. The first kappa shape index (κ1) is 27.1. The van der Waals surface area contributed by atoms with Gasteiger partial charge in [-0.15, -0.1) is 0 Å². The molecule has 0 atom stereocenters. The maximum absolute atomic E-state index is 9.29. The van der Waals surface area contributed by atoms with Crippen molar-refractivity contribution in [1.82, 2.24) is 0 Å². The van der Waals surface area contributed by atoms with Gasteiger partial charge in [-0.3, -0.25) is 0 Å². The minimum atomic E-state index is -1.21. The molecule has 23 heavy (non-hydrogen) atoms. The van der Waals surface area contributed by atoms with Crippen LogP contribution in [0, 0.1) is 0 Å². The van der Waals surface area contributed by atoms with E-state index in [2.05, 4.69) is 16.7 Å². The van der Waals surface area contributed by atoms with E-state index in [0.717, 1.165) is 6.42 Å². The van der Waals surface area contributed by atoms with E-state index in [0.29, 0.717) is 6.42 Å². The van der Waals surface area contributed by atoms with E-state index in [1.165, 1.54) is 89.9 Å². The van der Waals surface area contributed by atoms with Gasteiger partial charge in [0.15, 0.2) is 0 Å². The molecule has 1 heterocycles. The molecule has 0 radical (unpaired) electrons. The van der Waals surface area contributed by atoms with Gasteiger partial charge >= 0.3 is 43.7 Å². The van der Waals surface area contributed by atoms with Crippen molar-refractivity contribution in [3.63, 3.8) is 0 Å². The van der Waals surface area contributed by atoms with Crippen LogP contribution in [0.25, 0.3) is 0 Å². The summed E-state index contributed by atoms with van der Waals surface area (Å²) in [4.78, 5) is 8.94. The summed E-state index contributed by atoms with van der Waals surface area (Å²) in [7, 11) is 0. The molecular weight excluding hydrogens is 352 g/mol. The quantitative estimate of drug-likeness (QED) is 0.159. The molecule has 1 saturated heterocycles. The maximum Gasteiger partial charge on any atom is 2.00 e. The Morgan fingerprint density at radius 2 is 0.957 bits per heavy atom. The van der Waals surface area contributed by atoms with Crippen molar-refractivity contribution >= 4 is 37.7 Å². The van der Waals surface area contributed by atoms with Crippen LogP contribution in [0.15, 0.2) is 0 Å². The number of unbranched alkanes of at least 4 members (excludes halogenated alkanes) is 14. The second-order valence-electron chi connectivity index (χ2n) is 6.58. The zero-order valence-corrected chi connectivity index (χ0v) is 19.1. The molecule has 1 rings (SSSR count). The zero-order chi connectivity index (χ0) is 15.2. The topological polar surface area (TPSA) is 45.3 Å². The summed E-state index contributed by atoms with van der Waals surface area (Å²) in [6.45, 7) is 2.28. The van der Waals surface area contributed by atoms with Gasteiger partial charge in [-0.1, -0.05) is 96.8 Å². The summed E-state index contributed by atoms with van der Waals surface area (Å²) >= 11 is 0. The Morgan fingerprint density at radius 3 is 1.26 bits per heavy atom. The van der Waals surface area contributed by atoms with Gasteiger partial charge in [0.05, 0.1) is 0 Å². The van der Waals surface area contributed by atoms with Crippen molar-refractivity contribution in [3.8, 4) is 0 Å². The van der Waals surface area contributed by atoms with Crippen molar-refractivity contribution in [1.29, 1.82) is 0 Å². The Kier molecular flexibility index (Phi) is 21.9. The molecule has 0 aromatic carbocycles. The van der Waals surface area contributed by atoms with Crippen molar-refractivity contribution in [2.75, 3.05) is 0 Å². The van der Waals surface area contributed by atoms with Gasteiger partial charge in [-0.25, -0.2) is 0 Å². The van der Waals surface area contributed by atoms with Gasteiger partial charge < -0.3 is 7.96 Å². The molecule has 1 N–H and O–H groups in total. The monoisotopic (exact) mass is 390 g/mol. The van der Waals surface area contributed by atoms with Crippen LogP contribution in [0.4, 0.5) is 0 Å². The van der Waals surface area contributed by atoms with Gasteiger partial charge in [-0.05, 0) is 6.42 Å². The third kappa shape index (κ3) is 18.4. The summed E-state index contributed by atoms with van der Waals surface area (Å²) in [5.74, 6) is -1.21. The van der Waals surface area contributed by atoms with Crippen molar-refractivity contribution in [2.45, 2.75) is 116 Å². The molecule has 1 aliphatic rings. The molecule has 0 amide bonds. The second kappa shape index (κ2) is 18.6. The van der Waals surface area contributed by atoms with Crippen molar-refractivity contribution in [3.05, 3.63) is 0 Å². The smallest absolute Gasteiger partial charge is 1.00 e. The molecule has 0 aromatic rings. The van der Waals surface area contributed by atoms with Crippen LogP contribution in [-0.2, 0) is 31.5 Å². The summed E-state index contributed by atoms with van der Waals surface area (Å²) in [6.07, 6.45) is 21.0. The maximum atomic E-state index is 9.29. The second-order valence-corrected chi connectivity index (χ2v) is 6.58. The number of hydrogen-bond acceptors (Lipinski definition) is 3. The molecule has 0 unspecified atom stereocenters. The minimum Gasteiger partial charge on any atom is -1.00 e. The Morgan fingerprint density at radius 1 is 0.652 bits per heavy atom. The van der Waals surface area contributed by atoms with Gasteiger partial charge in [0, 0.05) is 28.1 Å². The molecule has 5 heteroatoms. The van der Waals surface area contributed by atoms with E-state index < -0.39 is 5.97 Å². The van der Waals surface area contributed by atoms with Crippen LogP contribution < -0.4 is 0 Å². The third-order valence-electron chi connectivity index (χ3n) is 4.37. The molecule has 3 nitrogen and oxygen atoms in total. The molecule has 1 fully saturated rings. The number of hydrogen-bond donors (Lipinski definition) is 1. The Labute approximate surface area is 191 Å². The Balaban J connectivity index is -0.000000551. The van der Waals surface area contributed by atoms with Crippen LogP contribution in [0.2, 0.25) is 0 Å². The van der Waals surface area contributed by atoms with E-state index in [-0.39, 0.29) is 62.3 Å². The van der Waals surface area contributed by atoms with E-state index in [1.807, 2.05) is 0 Å². The van der Waals surface area contributed by atoms with Crippen LogP contribution in [-0.4, -0.2) is 48.8 Å². The fourth-order valence-corrected chi connectivity index (χ4v) is 2.85. The summed E-state index contributed by atoms with van der Waals surface area (Å²) < 4.78 is 0. The molecule has 134 valence electrons. The molecule has 1 aliphatic heterocycles. The fourth-order valence-electron chi connectivity index (χ4n) is 2.85. The predicted molar refractivity (Wildman–Crippen MR) is 94.6 cm³/mol. The first-order valence-corrected chi connectivity index (χ1v) is 9.36. The molecule has 0 saturated carbocycles. The SMILES string of the molecule is CCCCCCCCCCCCCCCCCC1(O)OO1.[Ca+2].[H-].[H-].[Ti]. The van der Waals surface area contributed by atoms with E-state index in [9.17, 15) is 5.11 Å². The predicted octanol–water partition coefficient (Wildman–Crippen LogP) is 5.70. The molecule has 0 aromatic heterocycles. The Hall–Kier alpha value is 1.85. The average Bonchev–Trinajstić information content (AvgIpc) is 3.21. The van der Waals surface area contributed by atoms with Crippen LogP contribution in [0.1, 0.15) is 113 Å². The molecule has 0 bridgehead atoms. The summed E-state index contributed by atoms with van der Waals surface area (Å²) in [5, 5.41) is 9.29. The summed E-state index contributed by atoms with van der Waals surface area (Å²) in [5.41, 5.74) is 0. The number of rotatable bonds is 16. The van der Waals surface area contributed by atoms with Gasteiger partial charge in [0.1, 0.15) is 0 Å². The van der Waals surface area contributed by atoms with Gasteiger partial charge in [0.25, 0.3) is 0 Å². The van der Waals surface area contributed by atoms with E-state index >= 15 is 0 Å². The van der Waals surface area contributed by atoms with Crippen LogP contribution in [0.5, 0.6) is 0 Å². The first-order chi connectivity index (χ1) is 10.3. The Bertz CT molecular complexity index is 248. The summed E-state index contributed by atoms with van der Waals surface area (Å²) in [6, 6.07) is 0. The fraction of sp³-hybridized carbons (Fsp3) is 1.00. The molecular formula is C18H38CaO3Ti. The van der Waals surface area contributed by atoms with E-state index in [4.69, 9.17) is 0 Å². The molecule has 0 aliphatic carbocycles. The third-order valence-corrected chi connectivity index (χ3v) is 4.37. The number of aliphatic hydroxyl groups is 1. The van der Waals surface area contributed by atoms with Crippen molar-refractivity contribution < 1.29 is 39.5 Å². The molecule has 0 spiro atoms. The van der Waals surface area contributed by atoms with Crippen LogP contribution >= 0.6 is 0 Å². The van der Waals surface area contributed by atoms with Gasteiger partial charge in [0.2, 0.25) is 0 Å². The van der Waals surface area contributed by atoms with Gasteiger partial charge in [-0.2, -0.15) is 9.78 Å². The largest absolute Gasteiger partial charge is 2.00 e. The van der Waals surface area contributed by atoms with Crippen molar-refractivity contribution in [2.24, 2.45) is 0 Å². The van der Waals surface area contributed by atoms with E-state index in [1.54, 1.807) is 0 Å². The normalized spacial score (nSPS) is 14.9.